The summed E-state index contributed by atoms with van der Waals surface area (Å²) >= 11 is 0. The summed E-state index contributed by atoms with van der Waals surface area (Å²) in [7, 11) is 0. The van der Waals surface area contributed by atoms with Crippen LogP contribution in [0.5, 0.6) is 5.75 Å². The molecule has 1 N–H and O–H groups in total. The first-order valence-electron chi connectivity index (χ1n) is 6.75. The molecule has 0 saturated carbocycles. The van der Waals surface area contributed by atoms with Crippen LogP contribution < -0.4 is 4.74 Å². The number of aryl methyl sites for hydroxylation is 1. The number of nitrogens with zero attached hydrogens (tertiary/aromatic N) is 1. The van der Waals surface area contributed by atoms with E-state index in [0.29, 0.717) is 12.2 Å². The quantitative estimate of drug-likeness (QED) is 0.482. The van der Waals surface area contributed by atoms with Crippen molar-refractivity contribution in [1.82, 2.24) is 0 Å². The number of nitro benzene ring substituents is 1. The summed E-state index contributed by atoms with van der Waals surface area (Å²) < 4.78 is 5.50. The molecule has 0 spiro atoms. The second kappa shape index (κ2) is 7.40. The molecule has 0 fully saturated rings. The maximum atomic E-state index is 11.0. The summed E-state index contributed by atoms with van der Waals surface area (Å²) in [4.78, 5) is 10.5. The van der Waals surface area contributed by atoms with Crippen LogP contribution in [0.1, 0.15) is 17.5 Å². The maximum Gasteiger partial charge on any atom is 0.311 e. The average molecular weight is 287 g/mol. The van der Waals surface area contributed by atoms with Crippen LogP contribution in [-0.2, 0) is 13.0 Å². The lowest BCUT2D eigenvalue weighted by Gasteiger charge is -2.08. The van der Waals surface area contributed by atoms with E-state index in [1.165, 1.54) is 17.7 Å². The minimum Gasteiger partial charge on any atom is -0.487 e. The Morgan fingerprint density at radius 3 is 2.52 bits per heavy atom. The van der Waals surface area contributed by atoms with E-state index < -0.39 is 4.92 Å². The molecule has 0 aromatic heterocycles. The van der Waals surface area contributed by atoms with Crippen molar-refractivity contribution in [2.24, 2.45) is 0 Å². The van der Waals surface area contributed by atoms with Crippen LogP contribution in [-0.4, -0.2) is 16.6 Å². The zero-order valence-corrected chi connectivity index (χ0v) is 11.6. The molecule has 0 saturated heterocycles. The highest BCUT2D eigenvalue weighted by Gasteiger charge is 2.15. The van der Waals surface area contributed by atoms with Gasteiger partial charge in [-0.15, -0.1) is 0 Å². The molecule has 5 nitrogen and oxygen atoms in total. The monoisotopic (exact) mass is 287 g/mol. The number of rotatable bonds is 7. The Balaban J connectivity index is 1.92. The first-order valence-corrected chi connectivity index (χ1v) is 6.75. The van der Waals surface area contributed by atoms with Gasteiger partial charge in [-0.05, 0) is 30.0 Å². The third-order valence-electron chi connectivity index (χ3n) is 3.11. The topological polar surface area (TPSA) is 72.6 Å². The van der Waals surface area contributed by atoms with Gasteiger partial charge in [0.2, 0.25) is 0 Å². The van der Waals surface area contributed by atoms with Crippen molar-refractivity contribution < 1.29 is 14.8 Å². The molecule has 2 aromatic rings. The summed E-state index contributed by atoms with van der Waals surface area (Å²) in [5.74, 6) is 0.241. The summed E-state index contributed by atoms with van der Waals surface area (Å²) in [5.41, 5.74) is 1.60. The normalized spacial score (nSPS) is 10.3. The molecule has 0 bridgehead atoms. The number of nitro groups is 1. The Bertz CT molecular complexity index is 598. The molecule has 21 heavy (non-hydrogen) atoms. The van der Waals surface area contributed by atoms with Gasteiger partial charge in [0.15, 0.2) is 5.75 Å². The van der Waals surface area contributed by atoms with Crippen LogP contribution in [0.3, 0.4) is 0 Å². The third-order valence-corrected chi connectivity index (χ3v) is 3.11. The van der Waals surface area contributed by atoms with Crippen LogP contribution in [0, 0.1) is 10.1 Å². The van der Waals surface area contributed by atoms with Crippen molar-refractivity contribution in [2.75, 3.05) is 6.61 Å². The Morgan fingerprint density at radius 2 is 1.86 bits per heavy atom. The van der Waals surface area contributed by atoms with E-state index in [4.69, 9.17) is 9.84 Å². The fourth-order valence-corrected chi connectivity index (χ4v) is 2.03. The number of hydrogen-bond acceptors (Lipinski definition) is 4. The number of aliphatic hydroxyl groups is 1. The fraction of sp³-hybridized carbons (Fsp3) is 0.250. The summed E-state index contributed by atoms with van der Waals surface area (Å²) in [6.45, 7) is 0.184. The van der Waals surface area contributed by atoms with Gasteiger partial charge in [0.05, 0.1) is 18.1 Å². The molecule has 5 heteroatoms. The molecular weight excluding hydrogens is 270 g/mol. The second-order valence-corrected chi connectivity index (χ2v) is 4.65. The lowest BCUT2D eigenvalue weighted by molar-refractivity contribution is -0.386. The van der Waals surface area contributed by atoms with Crippen LogP contribution in [0.4, 0.5) is 5.69 Å². The molecule has 2 aromatic carbocycles. The van der Waals surface area contributed by atoms with E-state index in [9.17, 15) is 10.1 Å². The lowest BCUT2D eigenvalue weighted by atomic mass is 10.1. The predicted octanol–water partition coefficient (Wildman–Crippen LogP) is 3.10. The predicted molar refractivity (Wildman–Crippen MR) is 79.3 cm³/mol. The van der Waals surface area contributed by atoms with Crippen LogP contribution in [0.25, 0.3) is 0 Å². The maximum absolute atomic E-state index is 11.0. The molecule has 0 amide bonds. The van der Waals surface area contributed by atoms with Crippen molar-refractivity contribution in [3.63, 3.8) is 0 Å². The van der Waals surface area contributed by atoms with Crippen molar-refractivity contribution in [1.29, 1.82) is 0 Å². The number of aliphatic hydroxyl groups excluding tert-OH is 1. The minimum atomic E-state index is -0.494. The summed E-state index contributed by atoms with van der Waals surface area (Å²) in [6, 6.07) is 14.5. The summed E-state index contributed by atoms with van der Waals surface area (Å²) in [5, 5.41) is 20.0. The van der Waals surface area contributed by atoms with E-state index in [0.717, 1.165) is 12.8 Å². The molecule has 110 valence electrons. The smallest absolute Gasteiger partial charge is 0.311 e. The minimum absolute atomic E-state index is 0.110. The van der Waals surface area contributed by atoms with E-state index in [1.54, 1.807) is 6.07 Å². The highest BCUT2D eigenvalue weighted by Crippen LogP contribution is 2.28. The Labute approximate surface area is 123 Å². The first-order chi connectivity index (χ1) is 10.2. The van der Waals surface area contributed by atoms with Gasteiger partial charge < -0.3 is 9.84 Å². The van der Waals surface area contributed by atoms with Gasteiger partial charge in [0, 0.05) is 6.07 Å². The largest absolute Gasteiger partial charge is 0.487 e. The molecule has 0 aliphatic heterocycles. The molecule has 0 unspecified atom stereocenters. The Hall–Kier alpha value is -2.40. The zero-order valence-electron chi connectivity index (χ0n) is 11.6. The SMILES string of the molecule is O=[N+]([O-])c1cc(CO)ccc1OCCCc1ccccc1. The zero-order chi connectivity index (χ0) is 15.1. The van der Waals surface area contributed by atoms with Crippen molar-refractivity contribution in [3.8, 4) is 5.75 Å². The van der Waals surface area contributed by atoms with Crippen LogP contribution in [0.2, 0.25) is 0 Å². The van der Waals surface area contributed by atoms with E-state index in [2.05, 4.69) is 0 Å². The van der Waals surface area contributed by atoms with Gasteiger partial charge in [-0.25, -0.2) is 0 Å². The molecule has 0 heterocycles. The summed E-state index contributed by atoms with van der Waals surface area (Å²) in [6.07, 6.45) is 1.65. The van der Waals surface area contributed by atoms with Crippen molar-refractivity contribution in [3.05, 3.63) is 69.8 Å². The Kier molecular flexibility index (Phi) is 5.29. The van der Waals surface area contributed by atoms with Crippen LogP contribution in [0.15, 0.2) is 48.5 Å². The molecule has 0 aliphatic carbocycles. The molecule has 0 radical (unpaired) electrons. The van der Waals surface area contributed by atoms with Gasteiger partial charge in [-0.3, -0.25) is 10.1 Å². The van der Waals surface area contributed by atoms with Crippen molar-refractivity contribution in [2.45, 2.75) is 19.4 Å². The van der Waals surface area contributed by atoms with E-state index in [1.807, 2.05) is 30.3 Å². The number of benzene rings is 2. The van der Waals surface area contributed by atoms with Gasteiger partial charge in [0.1, 0.15) is 0 Å². The average Bonchev–Trinajstić information content (AvgIpc) is 2.52. The molecule has 2 rings (SSSR count). The number of hydrogen-bond donors (Lipinski definition) is 1. The van der Waals surface area contributed by atoms with E-state index >= 15 is 0 Å². The fourth-order valence-electron chi connectivity index (χ4n) is 2.03. The second-order valence-electron chi connectivity index (χ2n) is 4.65. The van der Waals surface area contributed by atoms with Gasteiger partial charge in [0.25, 0.3) is 0 Å². The molecule has 0 aliphatic rings. The number of ether oxygens (including phenoxy) is 1. The van der Waals surface area contributed by atoms with E-state index in [-0.39, 0.29) is 18.0 Å². The van der Waals surface area contributed by atoms with Crippen molar-refractivity contribution >= 4 is 5.69 Å². The van der Waals surface area contributed by atoms with Gasteiger partial charge in [-0.1, -0.05) is 36.4 Å². The Morgan fingerprint density at radius 1 is 1.10 bits per heavy atom. The van der Waals surface area contributed by atoms with Crippen LogP contribution >= 0.6 is 0 Å². The van der Waals surface area contributed by atoms with Gasteiger partial charge in [-0.2, -0.15) is 0 Å². The molecule has 0 atom stereocenters. The molecular formula is C16H17NO4. The highest BCUT2D eigenvalue weighted by molar-refractivity contribution is 5.48. The lowest BCUT2D eigenvalue weighted by Crippen LogP contribution is -2.02. The third kappa shape index (κ3) is 4.29. The standard InChI is InChI=1S/C16H17NO4/c18-12-14-8-9-16(15(11-14)17(19)20)21-10-4-7-13-5-2-1-3-6-13/h1-3,5-6,8-9,11,18H,4,7,10,12H2. The van der Waals surface area contributed by atoms with Gasteiger partial charge >= 0.3 is 5.69 Å². The highest BCUT2D eigenvalue weighted by atomic mass is 16.6. The first kappa shape index (κ1) is 15.0.